The number of amides is 1. The number of nitrogens with zero attached hydrogens (tertiary/aromatic N) is 4. The molecule has 0 bridgehead atoms. The predicted octanol–water partition coefficient (Wildman–Crippen LogP) is 0.155. The molecule has 1 unspecified atom stereocenters. The molecular weight excluding hydrogens is 254 g/mol. The first kappa shape index (κ1) is 15.0. The van der Waals surface area contributed by atoms with Crippen LogP contribution in [0.25, 0.3) is 0 Å². The van der Waals surface area contributed by atoms with Crippen molar-refractivity contribution in [1.29, 1.82) is 0 Å². The number of aryl methyl sites for hydroxylation is 1. The fourth-order valence-corrected chi connectivity index (χ4v) is 2.59. The fourth-order valence-electron chi connectivity index (χ4n) is 2.59. The predicted molar refractivity (Wildman–Crippen MR) is 78.3 cm³/mol. The molecule has 1 aliphatic rings. The van der Waals surface area contributed by atoms with Gasteiger partial charge >= 0.3 is 0 Å². The largest absolute Gasteiger partial charge is 0.347 e. The van der Waals surface area contributed by atoms with Gasteiger partial charge in [0.15, 0.2) is 0 Å². The third kappa shape index (κ3) is 3.37. The Morgan fingerprint density at radius 2 is 2.35 bits per heavy atom. The highest BCUT2D eigenvalue weighted by Crippen LogP contribution is 2.12. The second kappa shape index (κ2) is 6.85. The molecule has 1 aliphatic heterocycles. The Morgan fingerprint density at radius 3 is 3.05 bits per heavy atom. The first-order valence-corrected chi connectivity index (χ1v) is 7.30. The minimum atomic E-state index is -0.0799. The average Bonchev–Trinajstić information content (AvgIpc) is 2.86. The van der Waals surface area contributed by atoms with Crippen LogP contribution in [-0.4, -0.2) is 65.3 Å². The maximum absolute atomic E-state index is 12.3. The third-order valence-corrected chi connectivity index (χ3v) is 3.69. The number of aromatic nitrogens is 2. The molecule has 1 aromatic rings. The van der Waals surface area contributed by atoms with E-state index in [2.05, 4.69) is 28.3 Å². The van der Waals surface area contributed by atoms with Gasteiger partial charge in [0.25, 0.3) is 0 Å². The van der Waals surface area contributed by atoms with Crippen molar-refractivity contribution in [1.82, 2.24) is 24.9 Å². The van der Waals surface area contributed by atoms with E-state index in [-0.39, 0.29) is 11.9 Å². The highest BCUT2D eigenvalue weighted by molar-refractivity contribution is 5.81. The minimum absolute atomic E-state index is 0.0799. The molecular formula is C14H25N5O. The standard InChI is InChI=1S/C14H25N5O/c1-4-8-19-12(5-6-16-19)11-18-9-7-15-10-13(18)14(20)17(2)3/h5-6,13,15H,4,7-11H2,1-3H3. The van der Waals surface area contributed by atoms with Gasteiger partial charge in [-0.2, -0.15) is 5.10 Å². The lowest BCUT2D eigenvalue weighted by molar-refractivity contribution is -0.135. The first-order valence-electron chi connectivity index (χ1n) is 7.30. The van der Waals surface area contributed by atoms with Gasteiger partial charge in [-0.1, -0.05) is 6.92 Å². The van der Waals surface area contributed by atoms with E-state index in [1.165, 1.54) is 5.69 Å². The zero-order valence-corrected chi connectivity index (χ0v) is 12.7. The van der Waals surface area contributed by atoms with Gasteiger partial charge in [-0.25, -0.2) is 0 Å². The zero-order chi connectivity index (χ0) is 14.5. The number of hydrogen-bond donors (Lipinski definition) is 1. The van der Waals surface area contributed by atoms with Crippen LogP contribution in [0.3, 0.4) is 0 Å². The van der Waals surface area contributed by atoms with E-state index < -0.39 is 0 Å². The zero-order valence-electron chi connectivity index (χ0n) is 12.7. The fraction of sp³-hybridized carbons (Fsp3) is 0.714. The molecule has 1 saturated heterocycles. The molecule has 1 fully saturated rings. The molecule has 20 heavy (non-hydrogen) atoms. The summed E-state index contributed by atoms with van der Waals surface area (Å²) in [4.78, 5) is 16.2. The summed E-state index contributed by atoms with van der Waals surface area (Å²) in [5, 5.41) is 7.66. The molecule has 0 aromatic carbocycles. The Hall–Kier alpha value is -1.40. The van der Waals surface area contributed by atoms with Gasteiger partial charge in [0, 0.05) is 53.0 Å². The van der Waals surface area contributed by atoms with Crippen LogP contribution >= 0.6 is 0 Å². The Bertz CT molecular complexity index is 443. The van der Waals surface area contributed by atoms with Crippen LogP contribution in [0.1, 0.15) is 19.0 Å². The third-order valence-electron chi connectivity index (χ3n) is 3.69. The van der Waals surface area contributed by atoms with Gasteiger partial charge < -0.3 is 10.2 Å². The summed E-state index contributed by atoms with van der Waals surface area (Å²) in [6.07, 6.45) is 2.91. The van der Waals surface area contributed by atoms with Gasteiger partial charge in [0.2, 0.25) is 5.91 Å². The average molecular weight is 279 g/mol. The molecule has 0 radical (unpaired) electrons. The summed E-state index contributed by atoms with van der Waals surface area (Å²) in [5.41, 5.74) is 1.19. The molecule has 1 N–H and O–H groups in total. The summed E-state index contributed by atoms with van der Waals surface area (Å²) in [7, 11) is 3.63. The highest BCUT2D eigenvalue weighted by Gasteiger charge is 2.30. The molecule has 112 valence electrons. The second-order valence-electron chi connectivity index (χ2n) is 5.47. The Labute approximate surface area is 120 Å². The number of nitrogens with one attached hydrogen (secondary N) is 1. The van der Waals surface area contributed by atoms with Crippen LogP contribution in [0.2, 0.25) is 0 Å². The molecule has 0 spiro atoms. The summed E-state index contributed by atoms with van der Waals surface area (Å²) in [6.45, 7) is 6.40. The number of piperazine rings is 1. The van der Waals surface area contributed by atoms with Gasteiger partial charge in [-0.15, -0.1) is 0 Å². The van der Waals surface area contributed by atoms with Crippen LogP contribution < -0.4 is 5.32 Å². The van der Waals surface area contributed by atoms with E-state index in [1.54, 1.807) is 4.90 Å². The van der Waals surface area contributed by atoms with E-state index in [0.717, 1.165) is 39.1 Å². The molecule has 2 heterocycles. The van der Waals surface area contributed by atoms with Crippen molar-refractivity contribution in [3.8, 4) is 0 Å². The van der Waals surface area contributed by atoms with Crippen molar-refractivity contribution < 1.29 is 4.79 Å². The quantitative estimate of drug-likeness (QED) is 0.834. The van der Waals surface area contributed by atoms with Crippen LogP contribution in [-0.2, 0) is 17.9 Å². The van der Waals surface area contributed by atoms with E-state index >= 15 is 0 Å². The Kier molecular flexibility index (Phi) is 5.14. The highest BCUT2D eigenvalue weighted by atomic mass is 16.2. The van der Waals surface area contributed by atoms with Gasteiger partial charge in [0.05, 0.1) is 5.69 Å². The normalized spacial score (nSPS) is 20.1. The molecule has 0 saturated carbocycles. The van der Waals surface area contributed by atoms with Crippen LogP contribution in [0.5, 0.6) is 0 Å². The lowest BCUT2D eigenvalue weighted by Crippen LogP contribution is -2.57. The molecule has 2 rings (SSSR count). The summed E-state index contributed by atoms with van der Waals surface area (Å²) in [6, 6.07) is 1.97. The Balaban J connectivity index is 2.08. The lowest BCUT2D eigenvalue weighted by atomic mass is 10.1. The SMILES string of the molecule is CCCn1nccc1CN1CCNCC1C(=O)N(C)C. The van der Waals surface area contributed by atoms with Crippen molar-refractivity contribution in [2.24, 2.45) is 0 Å². The smallest absolute Gasteiger partial charge is 0.240 e. The van der Waals surface area contributed by atoms with E-state index in [4.69, 9.17) is 0 Å². The minimum Gasteiger partial charge on any atom is -0.347 e. The first-order chi connectivity index (χ1) is 9.63. The van der Waals surface area contributed by atoms with Crippen molar-refractivity contribution in [2.75, 3.05) is 33.7 Å². The van der Waals surface area contributed by atoms with Crippen molar-refractivity contribution in [2.45, 2.75) is 32.5 Å². The second-order valence-corrected chi connectivity index (χ2v) is 5.47. The maximum Gasteiger partial charge on any atom is 0.240 e. The molecule has 1 amide bonds. The van der Waals surface area contributed by atoms with Gasteiger partial charge in [0.1, 0.15) is 6.04 Å². The molecule has 6 nitrogen and oxygen atoms in total. The van der Waals surface area contributed by atoms with Crippen molar-refractivity contribution in [3.05, 3.63) is 18.0 Å². The van der Waals surface area contributed by atoms with E-state index in [0.29, 0.717) is 0 Å². The van der Waals surface area contributed by atoms with Crippen molar-refractivity contribution >= 4 is 5.91 Å². The van der Waals surface area contributed by atoms with Crippen LogP contribution in [0.4, 0.5) is 0 Å². The summed E-state index contributed by atoms with van der Waals surface area (Å²) in [5.74, 6) is 0.166. The van der Waals surface area contributed by atoms with Crippen LogP contribution in [0.15, 0.2) is 12.3 Å². The monoisotopic (exact) mass is 279 g/mol. The molecule has 1 atom stereocenters. The molecule has 0 aliphatic carbocycles. The summed E-state index contributed by atoms with van der Waals surface area (Å²) < 4.78 is 2.04. The number of likely N-dealkylation sites (N-methyl/N-ethyl adjacent to an activating group) is 1. The number of carbonyl (C=O) groups excluding carboxylic acids is 1. The lowest BCUT2D eigenvalue weighted by Gasteiger charge is -2.36. The van der Waals surface area contributed by atoms with Gasteiger partial charge in [-0.05, 0) is 12.5 Å². The maximum atomic E-state index is 12.3. The molecule has 1 aromatic heterocycles. The number of hydrogen-bond acceptors (Lipinski definition) is 4. The Morgan fingerprint density at radius 1 is 1.55 bits per heavy atom. The van der Waals surface area contributed by atoms with E-state index in [1.807, 2.05) is 25.0 Å². The summed E-state index contributed by atoms with van der Waals surface area (Å²) >= 11 is 0. The number of carbonyl (C=O) groups is 1. The van der Waals surface area contributed by atoms with Crippen LogP contribution in [0, 0.1) is 0 Å². The molecule has 6 heteroatoms. The van der Waals surface area contributed by atoms with E-state index in [9.17, 15) is 4.79 Å². The van der Waals surface area contributed by atoms with Gasteiger partial charge in [-0.3, -0.25) is 14.4 Å². The number of rotatable bonds is 5. The topological polar surface area (TPSA) is 53.4 Å². The van der Waals surface area contributed by atoms with Crippen molar-refractivity contribution in [3.63, 3.8) is 0 Å².